The molecule has 5 rings (SSSR count). The molecule has 0 atom stereocenters. The summed E-state index contributed by atoms with van der Waals surface area (Å²) in [7, 11) is -0.358. The van der Waals surface area contributed by atoms with Crippen LogP contribution in [0.4, 0.5) is 0 Å². The van der Waals surface area contributed by atoms with Crippen molar-refractivity contribution in [2.45, 2.75) is 77.9 Å². The second kappa shape index (κ2) is 8.90. The number of hydrogen-bond donors (Lipinski definition) is 0. The molecule has 4 aromatic rings. The summed E-state index contributed by atoms with van der Waals surface area (Å²) in [5, 5.41) is 2.48. The first-order chi connectivity index (χ1) is 16.3. The smallest absolute Gasteiger partial charge is 0.399 e. The molecule has 0 aliphatic carbocycles. The first kappa shape index (κ1) is 23.2. The van der Waals surface area contributed by atoms with Crippen molar-refractivity contribution in [2.75, 3.05) is 0 Å². The highest BCUT2D eigenvalue weighted by atomic mass is 16.7. The van der Waals surface area contributed by atoms with Gasteiger partial charge in [-0.3, -0.25) is 0 Å². The monoisotopic (exact) mass is 453 g/mol. The molecule has 0 amide bonds. The molecular weight excluding hydrogens is 417 g/mol. The van der Waals surface area contributed by atoms with E-state index >= 15 is 0 Å². The number of fused-ring (bicyclic) bond motifs is 3. The largest absolute Gasteiger partial charge is 0.494 e. The minimum absolute atomic E-state index is 0.348. The van der Waals surface area contributed by atoms with Gasteiger partial charge >= 0.3 is 7.12 Å². The first-order valence-electron chi connectivity index (χ1n) is 12.8. The molecule has 0 saturated carbocycles. The third-order valence-corrected chi connectivity index (χ3v) is 7.74. The van der Waals surface area contributed by atoms with Crippen molar-refractivity contribution < 1.29 is 9.31 Å². The predicted molar refractivity (Wildman–Crippen MR) is 144 cm³/mol. The summed E-state index contributed by atoms with van der Waals surface area (Å²) in [4.78, 5) is 0. The zero-order chi connectivity index (χ0) is 23.9. The van der Waals surface area contributed by atoms with Crippen molar-refractivity contribution in [1.82, 2.24) is 4.57 Å². The molecule has 1 aliphatic heterocycles. The second-order valence-electron chi connectivity index (χ2n) is 10.7. The van der Waals surface area contributed by atoms with Crippen LogP contribution in [0.1, 0.15) is 65.9 Å². The summed E-state index contributed by atoms with van der Waals surface area (Å²) < 4.78 is 15.0. The van der Waals surface area contributed by atoms with E-state index in [-0.39, 0.29) is 18.3 Å². The van der Waals surface area contributed by atoms with Crippen molar-refractivity contribution in [1.29, 1.82) is 0 Å². The number of nitrogens with zero attached hydrogens (tertiary/aromatic N) is 1. The van der Waals surface area contributed by atoms with Gasteiger partial charge in [-0.15, -0.1) is 0 Å². The molecule has 3 nitrogen and oxygen atoms in total. The second-order valence-corrected chi connectivity index (χ2v) is 10.7. The van der Waals surface area contributed by atoms with Crippen molar-refractivity contribution in [3.8, 4) is 5.69 Å². The van der Waals surface area contributed by atoms with Crippen molar-refractivity contribution in [3.05, 3.63) is 72.3 Å². The van der Waals surface area contributed by atoms with E-state index in [1.807, 2.05) is 0 Å². The third-order valence-electron chi connectivity index (χ3n) is 7.74. The predicted octanol–water partition coefficient (Wildman–Crippen LogP) is 7.21. The zero-order valence-electron chi connectivity index (χ0n) is 21.2. The first-order valence-corrected chi connectivity index (χ1v) is 12.8. The van der Waals surface area contributed by atoms with E-state index in [9.17, 15) is 0 Å². The molecule has 0 spiro atoms. The fourth-order valence-corrected chi connectivity index (χ4v) is 4.96. The minimum atomic E-state index is -0.358. The minimum Gasteiger partial charge on any atom is -0.399 e. The lowest BCUT2D eigenvalue weighted by Gasteiger charge is -2.32. The van der Waals surface area contributed by atoms with Crippen LogP contribution in [-0.4, -0.2) is 22.9 Å². The molecule has 1 aromatic heterocycles. The summed E-state index contributed by atoms with van der Waals surface area (Å²) in [5.41, 5.74) is 5.42. The average Bonchev–Trinajstić information content (AvgIpc) is 3.26. The van der Waals surface area contributed by atoms with Gasteiger partial charge in [-0.25, -0.2) is 0 Å². The number of rotatable bonds is 7. The molecule has 0 unspecified atom stereocenters. The fourth-order valence-electron chi connectivity index (χ4n) is 4.96. The number of aryl methyl sites for hydroxylation is 1. The molecule has 0 radical (unpaired) electrons. The molecular formula is C30H36BNO2. The number of para-hydroxylation sites is 1. The highest BCUT2D eigenvalue weighted by molar-refractivity contribution is 6.62. The Labute approximate surface area is 204 Å². The van der Waals surface area contributed by atoms with Gasteiger partial charge in [0.1, 0.15) is 0 Å². The Morgan fingerprint density at radius 2 is 1.41 bits per heavy atom. The van der Waals surface area contributed by atoms with Gasteiger partial charge in [0, 0.05) is 16.5 Å². The molecule has 0 N–H and O–H groups in total. The van der Waals surface area contributed by atoms with Gasteiger partial charge in [-0.05, 0) is 75.8 Å². The van der Waals surface area contributed by atoms with E-state index in [4.69, 9.17) is 9.31 Å². The Kier molecular flexibility index (Phi) is 6.08. The Bertz CT molecular complexity index is 1290. The van der Waals surface area contributed by atoms with E-state index in [1.165, 1.54) is 58.7 Å². The topological polar surface area (TPSA) is 23.4 Å². The van der Waals surface area contributed by atoms with Gasteiger partial charge in [-0.2, -0.15) is 0 Å². The van der Waals surface area contributed by atoms with Crippen LogP contribution >= 0.6 is 0 Å². The number of benzene rings is 3. The zero-order valence-corrected chi connectivity index (χ0v) is 21.2. The van der Waals surface area contributed by atoms with Gasteiger partial charge in [-0.1, -0.05) is 68.7 Å². The maximum atomic E-state index is 6.33. The lowest BCUT2D eigenvalue weighted by molar-refractivity contribution is 0.00578. The van der Waals surface area contributed by atoms with E-state index in [1.54, 1.807) is 0 Å². The van der Waals surface area contributed by atoms with Crippen LogP contribution in [-0.2, 0) is 15.7 Å². The van der Waals surface area contributed by atoms with Crippen LogP contribution in [0.25, 0.3) is 27.5 Å². The summed E-state index contributed by atoms with van der Waals surface area (Å²) in [6.07, 6.45) is 6.35. The Morgan fingerprint density at radius 3 is 2.12 bits per heavy atom. The lowest BCUT2D eigenvalue weighted by Crippen LogP contribution is -2.41. The normalized spacial score (nSPS) is 17.1. The van der Waals surface area contributed by atoms with Crippen LogP contribution < -0.4 is 5.46 Å². The van der Waals surface area contributed by atoms with Gasteiger partial charge in [0.05, 0.1) is 22.2 Å². The van der Waals surface area contributed by atoms with E-state index in [2.05, 4.69) is 106 Å². The Morgan fingerprint density at radius 1 is 0.735 bits per heavy atom. The lowest BCUT2D eigenvalue weighted by atomic mass is 9.78. The maximum absolute atomic E-state index is 6.33. The van der Waals surface area contributed by atoms with Gasteiger partial charge in [0.2, 0.25) is 0 Å². The quantitative estimate of drug-likeness (QED) is 0.218. The van der Waals surface area contributed by atoms with Crippen LogP contribution in [0.3, 0.4) is 0 Å². The van der Waals surface area contributed by atoms with Crippen molar-refractivity contribution >= 4 is 34.4 Å². The summed E-state index contributed by atoms with van der Waals surface area (Å²) in [6, 6.07) is 24.4. The number of aromatic nitrogens is 1. The van der Waals surface area contributed by atoms with Crippen LogP contribution in [0.5, 0.6) is 0 Å². The molecule has 2 heterocycles. The third kappa shape index (κ3) is 4.08. The summed E-state index contributed by atoms with van der Waals surface area (Å²) >= 11 is 0. The maximum Gasteiger partial charge on any atom is 0.494 e. The Hall–Kier alpha value is -2.56. The van der Waals surface area contributed by atoms with Gasteiger partial charge in [0.25, 0.3) is 0 Å². The summed E-state index contributed by atoms with van der Waals surface area (Å²) in [5.74, 6) is 0. The molecule has 1 aliphatic rings. The number of unbranched alkanes of at least 4 members (excludes halogenated alkanes) is 3. The number of hydrogen-bond acceptors (Lipinski definition) is 2. The average molecular weight is 453 g/mol. The molecule has 4 heteroatoms. The molecule has 34 heavy (non-hydrogen) atoms. The van der Waals surface area contributed by atoms with Crippen LogP contribution in [0.15, 0.2) is 66.7 Å². The van der Waals surface area contributed by atoms with Crippen molar-refractivity contribution in [3.63, 3.8) is 0 Å². The SMILES string of the molecule is CCCCCCc1ccc(-n2c3ccccc3c3cc(B4OC(C)(C)C(C)(C)O4)ccc32)cc1. The molecule has 1 saturated heterocycles. The Balaban J connectivity index is 1.52. The molecule has 3 aromatic carbocycles. The molecule has 0 bridgehead atoms. The molecule has 1 fully saturated rings. The van der Waals surface area contributed by atoms with Crippen molar-refractivity contribution in [2.24, 2.45) is 0 Å². The van der Waals surface area contributed by atoms with Crippen LogP contribution in [0, 0.1) is 0 Å². The van der Waals surface area contributed by atoms with E-state index < -0.39 is 0 Å². The van der Waals surface area contributed by atoms with E-state index in [0.717, 1.165) is 11.9 Å². The van der Waals surface area contributed by atoms with Crippen LogP contribution in [0.2, 0.25) is 0 Å². The molecule has 176 valence electrons. The highest BCUT2D eigenvalue weighted by Crippen LogP contribution is 2.37. The van der Waals surface area contributed by atoms with Gasteiger partial charge in [0.15, 0.2) is 0 Å². The highest BCUT2D eigenvalue weighted by Gasteiger charge is 2.51. The standard InChI is InChI=1S/C30H36BNO2/c1-6-7-8-9-12-22-15-18-24(19-16-22)32-27-14-11-10-13-25(27)26-21-23(17-20-28(26)32)31-33-29(2,3)30(4,5)34-31/h10-11,13-21H,6-9,12H2,1-5H3. The summed E-state index contributed by atoms with van der Waals surface area (Å²) in [6.45, 7) is 10.7. The van der Waals surface area contributed by atoms with E-state index in [0.29, 0.717) is 0 Å². The fraction of sp³-hybridized carbons (Fsp3) is 0.400. The van der Waals surface area contributed by atoms with Gasteiger partial charge < -0.3 is 13.9 Å².